The van der Waals surface area contributed by atoms with E-state index in [1.165, 1.54) is 17.0 Å². The number of aliphatic carboxylic acids is 1. The topological polar surface area (TPSA) is 57.6 Å². The lowest BCUT2D eigenvalue weighted by Gasteiger charge is -2.37. The van der Waals surface area contributed by atoms with E-state index in [1.807, 2.05) is 19.9 Å². The summed E-state index contributed by atoms with van der Waals surface area (Å²) in [6, 6.07) is 5.64. The molecule has 1 N–H and O–H groups in total. The molecule has 4 nitrogen and oxygen atoms in total. The number of carbonyl (C=O) groups is 2. The zero-order valence-corrected chi connectivity index (χ0v) is 13.7. The van der Waals surface area contributed by atoms with E-state index in [1.54, 1.807) is 6.07 Å². The average Bonchev–Trinajstić information content (AvgIpc) is 2.52. The molecule has 0 aromatic heterocycles. The molecule has 1 heterocycles. The molecule has 126 valence electrons. The zero-order chi connectivity index (χ0) is 17.0. The minimum atomic E-state index is -0.928. The summed E-state index contributed by atoms with van der Waals surface area (Å²) in [6.07, 6.45) is 2.54. The number of carboxylic acid groups (broad SMARTS) is 1. The number of hydrogen-bond donors (Lipinski definition) is 1. The number of likely N-dealkylation sites (tertiary alicyclic amines) is 1. The van der Waals surface area contributed by atoms with Crippen molar-refractivity contribution in [2.24, 2.45) is 11.8 Å². The second-order valence-corrected chi connectivity index (χ2v) is 6.58. The number of benzene rings is 1. The first-order chi connectivity index (χ1) is 10.9. The number of piperidine rings is 1. The molecule has 5 heteroatoms. The van der Waals surface area contributed by atoms with Gasteiger partial charge in [-0.2, -0.15) is 0 Å². The van der Waals surface area contributed by atoms with E-state index in [0.29, 0.717) is 31.7 Å². The van der Waals surface area contributed by atoms with Crippen LogP contribution in [0.25, 0.3) is 0 Å². The number of hydrogen-bond acceptors (Lipinski definition) is 2. The smallest absolute Gasteiger partial charge is 0.326 e. The Kier molecular flexibility index (Phi) is 5.74. The van der Waals surface area contributed by atoms with Crippen LogP contribution in [-0.2, 0) is 16.0 Å². The third kappa shape index (κ3) is 4.53. The molecular formula is C18H24FNO3. The molecule has 23 heavy (non-hydrogen) atoms. The number of amides is 1. The Bertz CT molecular complexity index is 575. The van der Waals surface area contributed by atoms with Crippen molar-refractivity contribution in [1.29, 1.82) is 0 Å². The molecule has 1 aliphatic heterocycles. The molecule has 0 bridgehead atoms. The fourth-order valence-corrected chi connectivity index (χ4v) is 3.12. The summed E-state index contributed by atoms with van der Waals surface area (Å²) in [4.78, 5) is 25.5. The van der Waals surface area contributed by atoms with Crippen LogP contribution in [0.2, 0.25) is 0 Å². The molecule has 0 aliphatic carbocycles. The summed E-state index contributed by atoms with van der Waals surface area (Å²) < 4.78 is 13.2. The summed E-state index contributed by atoms with van der Waals surface area (Å²) in [5.41, 5.74) is 0.853. The third-order valence-electron chi connectivity index (χ3n) is 4.61. The van der Waals surface area contributed by atoms with Gasteiger partial charge >= 0.3 is 5.97 Å². The van der Waals surface area contributed by atoms with Crippen LogP contribution >= 0.6 is 0 Å². The third-order valence-corrected chi connectivity index (χ3v) is 4.61. The molecule has 1 fully saturated rings. The summed E-state index contributed by atoms with van der Waals surface area (Å²) >= 11 is 0. The van der Waals surface area contributed by atoms with Gasteiger partial charge in [-0.3, -0.25) is 4.79 Å². The maximum atomic E-state index is 13.2. The number of rotatable bonds is 5. The molecule has 3 unspecified atom stereocenters. The van der Waals surface area contributed by atoms with Crippen molar-refractivity contribution in [3.05, 3.63) is 35.6 Å². The molecule has 0 saturated carbocycles. The molecule has 3 atom stereocenters. The van der Waals surface area contributed by atoms with Gasteiger partial charge in [-0.05, 0) is 49.3 Å². The largest absolute Gasteiger partial charge is 0.480 e. The standard InChI is InChI=1S/C18H24FNO3/c1-12-8-9-20(16(10-12)18(22)23)17(21)13(2)6-7-14-4-3-5-15(19)11-14/h3-5,11-13,16H,6-10H2,1-2H3,(H,22,23). The molecule has 1 aromatic rings. The maximum absolute atomic E-state index is 13.2. The predicted molar refractivity (Wildman–Crippen MR) is 85.4 cm³/mol. The molecule has 1 aromatic carbocycles. The SMILES string of the molecule is CC1CCN(C(=O)C(C)CCc2cccc(F)c2)C(C(=O)O)C1. The number of carboxylic acids is 1. The van der Waals surface area contributed by atoms with E-state index in [9.17, 15) is 19.1 Å². The highest BCUT2D eigenvalue weighted by Crippen LogP contribution is 2.25. The fourth-order valence-electron chi connectivity index (χ4n) is 3.12. The monoisotopic (exact) mass is 321 g/mol. The van der Waals surface area contributed by atoms with Gasteiger partial charge in [0.1, 0.15) is 11.9 Å². The van der Waals surface area contributed by atoms with E-state index >= 15 is 0 Å². The van der Waals surface area contributed by atoms with Crippen molar-refractivity contribution in [1.82, 2.24) is 4.90 Å². The van der Waals surface area contributed by atoms with Crippen LogP contribution in [-0.4, -0.2) is 34.5 Å². The number of aryl methyl sites for hydroxylation is 1. The first-order valence-electron chi connectivity index (χ1n) is 8.16. The Morgan fingerprint density at radius 2 is 2.17 bits per heavy atom. The number of carbonyl (C=O) groups excluding carboxylic acids is 1. The molecule has 1 saturated heterocycles. The zero-order valence-electron chi connectivity index (χ0n) is 13.7. The summed E-state index contributed by atoms with van der Waals surface area (Å²) in [6.45, 7) is 4.34. The summed E-state index contributed by atoms with van der Waals surface area (Å²) in [7, 11) is 0. The van der Waals surface area contributed by atoms with Gasteiger partial charge in [0.05, 0.1) is 0 Å². The highest BCUT2D eigenvalue weighted by molar-refractivity contribution is 5.85. The lowest BCUT2D eigenvalue weighted by Crippen LogP contribution is -2.51. The minimum absolute atomic E-state index is 0.110. The van der Waals surface area contributed by atoms with Crippen molar-refractivity contribution in [2.45, 2.75) is 45.6 Å². The lowest BCUT2D eigenvalue weighted by molar-refractivity contribution is -0.154. The Morgan fingerprint density at radius 1 is 1.43 bits per heavy atom. The van der Waals surface area contributed by atoms with Crippen molar-refractivity contribution in [2.75, 3.05) is 6.54 Å². The van der Waals surface area contributed by atoms with Gasteiger partial charge in [-0.1, -0.05) is 26.0 Å². The first kappa shape index (κ1) is 17.4. The summed E-state index contributed by atoms with van der Waals surface area (Å²) in [5.74, 6) is -1.27. The highest BCUT2D eigenvalue weighted by atomic mass is 19.1. The van der Waals surface area contributed by atoms with Gasteiger partial charge in [0.25, 0.3) is 0 Å². The molecule has 0 spiro atoms. The van der Waals surface area contributed by atoms with Crippen molar-refractivity contribution in [3.63, 3.8) is 0 Å². The van der Waals surface area contributed by atoms with Crippen molar-refractivity contribution >= 4 is 11.9 Å². The van der Waals surface area contributed by atoms with Crippen LogP contribution in [0.4, 0.5) is 4.39 Å². The Labute approximate surface area is 136 Å². The van der Waals surface area contributed by atoms with E-state index in [-0.39, 0.29) is 17.6 Å². The van der Waals surface area contributed by atoms with Gasteiger partial charge in [0.15, 0.2) is 0 Å². The average molecular weight is 321 g/mol. The van der Waals surface area contributed by atoms with Gasteiger partial charge < -0.3 is 10.0 Å². The quantitative estimate of drug-likeness (QED) is 0.906. The van der Waals surface area contributed by atoms with E-state index in [2.05, 4.69) is 0 Å². The molecule has 2 rings (SSSR count). The van der Waals surface area contributed by atoms with Crippen LogP contribution < -0.4 is 0 Å². The predicted octanol–water partition coefficient (Wildman–Crippen LogP) is 3.11. The van der Waals surface area contributed by atoms with Crippen LogP contribution in [0, 0.1) is 17.7 Å². The van der Waals surface area contributed by atoms with Crippen LogP contribution in [0.5, 0.6) is 0 Å². The summed E-state index contributed by atoms with van der Waals surface area (Å²) in [5, 5.41) is 9.36. The van der Waals surface area contributed by atoms with Gasteiger partial charge in [0.2, 0.25) is 5.91 Å². The molecular weight excluding hydrogens is 297 g/mol. The number of nitrogens with zero attached hydrogens (tertiary/aromatic N) is 1. The Balaban J connectivity index is 1.96. The second-order valence-electron chi connectivity index (χ2n) is 6.58. The molecule has 1 amide bonds. The second kappa shape index (κ2) is 7.57. The van der Waals surface area contributed by atoms with Crippen LogP contribution in [0.3, 0.4) is 0 Å². The van der Waals surface area contributed by atoms with Crippen molar-refractivity contribution in [3.8, 4) is 0 Å². The Hall–Kier alpha value is -1.91. The normalized spacial score (nSPS) is 22.7. The highest BCUT2D eigenvalue weighted by Gasteiger charge is 2.36. The number of halogens is 1. The maximum Gasteiger partial charge on any atom is 0.326 e. The van der Waals surface area contributed by atoms with Crippen LogP contribution in [0.15, 0.2) is 24.3 Å². The Morgan fingerprint density at radius 3 is 2.83 bits per heavy atom. The van der Waals surface area contributed by atoms with Gasteiger partial charge in [-0.15, -0.1) is 0 Å². The molecule has 1 aliphatic rings. The first-order valence-corrected chi connectivity index (χ1v) is 8.16. The fraction of sp³-hybridized carbons (Fsp3) is 0.556. The van der Waals surface area contributed by atoms with E-state index in [0.717, 1.165) is 12.0 Å². The van der Waals surface area contributed by atoms with Crippen molar-refractivity contribution < 1.29 is 19.1 Å². The van der Waals surface area contributed by atoms with Gasteiger partial charge in [0, 0.05) is 12.5 Å². The van der Waals surface area contributed by atoms with Gasteiger partial charge in [-0.25, -0.2) is 9.18 Å². The van der Waals surface area contributed by atoms with E-state index < -0.39 is 12.0 Å². The molecule has 0 radical (unpaired) electrons. The van der Waals surface area contributed by atoms with E-state index in [4.69, 9.17) is 0 Å². The van der Waals surface area contributed by atoms with Crippen LogP contribution in [0.1, 0.15) is 38.7 Å². The lowest BCUT2D eigenvalue weighted by atomic mass is 9.90. The minimum Gasteiger partial charge on any atom is -0.480 e.